The zero-order valence-electron chi connectivity index (χ0n) is 12.1. The summed E-state index contributed by atoms with van der Waals surface area (Å²) in [5.74, 6) is -0.616. The Morgan fingerprint density at radius 3 is 2.71 bits per heavy atom. The lowest BCUT2D eigenvalue weighted by atomic mass is 10.0. The highest BCUT2D eigenvalue weighted by atomic mass is 35.5. The molecular formula is C14H20ClFN2O2S. The van der Waals surface area contributed by atoms with Crippen LogP contribution in [0, 0.1) is 11.7 Å². The minimum atomic E-state index is -3.90. The van der Waals surface area contributed by atoms with Crippen molar-refractivity contribution in [1.29, 1.82) is 0 Å². The smallest absolute Gasteiger partial charge is 0.246 e. The minimum Gasteiger partial charge on any atom is -0.326 e. The van der Waals surface area contributed by atoms with E-state index in [1.54, 1.807) is 0 Å². The second kappa shape index (κ2) is 6.20. The van der Waals surface area contributed by atoms with Crippen LogP contribution in [0.15, 0.2) is 17.0 Å². The highest BCUT2D eigenvalue weighted by Crippen LogP contribution is 2.33. The van der Waals surface area contributed by atoms with Crippen LogP contribution >= 0.6 is 11.6 Å². The first-order valence-corrected chi connectivity index (χ1v) is 8.80. The highest BCUT2D eigenvalue weighted by Gasteiger charge is 2.38. The summed E-state index contributed by atoms with van der Waals surface area (Å²) in [6, 6.07) is 2.43. The number of hydrogen-bond acceptors (Lipinski definition) is 3. The van der Waals surface area contributed by atoms with Gasteiger partial charge in [-0.1, -0.05) is 25.4 Å². The molecule has 1 aromatic rings. The van der Waals surface area contributed by atoms with E-state index in [2.05, 4.69) is 0 Å². The van der Waals surface area contributed by atoms with Crippen LogP contribution in [-0.4, -0.2) is 25.3 Å². The van der Waals surface area contributed by atoms with Crippen molar-refractivity contribution in [2.45, 2.75) is 44.2 Å². The van der Waals surface area contributed by atoms with E-state index in [4.69, 9.17) is 17.3 Å². The van der Waals surface area contributed by atoms with E-state index < -0.39 is 15.8 Å². The summed E-state index contributed by atoms with van der Waals surface area (Å²) < 4.78 is 41.3. The maximum absolute atomic E-state index is 14.4. The molecular weight excluding hydrogens is 315 g/mol. The van der Waals surface area contributed by atoms with Crippen molar-refractivity contribution in [3.8, 4) is 0 Å². The minimum absolute atomic E-state index is 0.0947. The predicted octanol–water partition coefficient (Wildman–Crippen LogP) is 2.75. The summed E-state index contributed by atoms with van der Waals surface area (Å²) in [5, 5.41) is 0.177. The maximum atomic E-state index is 14.4. The maximum Gasteiger partial charge on any atom is 0.246 e. The molecule has 1 aliphatic heterocycles. The van der Waals surface area contributed by atoms with Gasteiger partial charge in [0.15, 0.2) is 0 Å². The van der Waals surface area contributed by atoms with Gasteiger partial charge in [0.2, 0.25) is 10.0 Å². The number of rotatable bonds is 4. The van der Waals surface area contributed by atoms with Crippen molar-refractivity contribution in [1.82, 2.24) is 4.31 Å². The Labute approximate surface area is 130 Å². The summed E-state index contributed by atoms with van der Waals surface area (Å²) >= 11 is 5.91. The van der Waals surface area contributed by atoms with Gasteiger partial charge < -0.3 is 5.73 Å². The van der Waals surface area contributed by atoms with Gasteiger partial charge in [-0.05, 0) is 30.9 Å². The van der Waals surface area contributed by atoms with Crippen molar-refractivity contribution >= 4 is 21.6 Å². The molecule has 1 saturated heterocycles. The van der Waals surface area contributed by atoms with Crippen molar-refractivity contribution in [2.75, 3.05) is 6.54 Å². The Morgan fingerprint density at radius 2 is 2.14 bits per heavy atom. The molecule has 0 aliphatic carbocycles. The van der Waals surface area contributed by atoms with Crippen LogP contribution in [-0.2, 0) is 16.6 Å². The Bertz CT molecular complexity index is 634. The van der Waals surface area contributed by atoms with Crippen molar-refractivity contribution in [3.63, 3.8) is 0 Å². The van der Waals surface area contributed by atoms with Gasteiger partial charge in [-0.25, -0.2) is 12.8 Å². The number of hydrogen-bond donors (Lipinski definition) is 1. The third-order valence-corrected chi connectivity index (χ3v) is 6.05. The van der Waals surface area contributed by atoms with Crippen molar-refractivity contribution in [3.05, 3.63) is 28.5 Å². The molecule has 1 unspecified atom stereocenters. The van der Waals surface area contributed by atoms with Gasteiger partial charge in [0.25, 0.3) is 0 Å². The highest BCUT2D eigenvalue weighted by molar-refractivity contribution is 7.89. The lowest BCUT2D eigenvalue weighted by molar-refractivity contribution is 0.314. The van der Waals surface area contributed by atoms with Crippen LogP contribution in [0.1, 0.15) is 32.3 Å². The summed E-state index contributed by atoms with van der Waals surface area (Å²) in [6.07, 6.45) is 1.58. The molecule has 0 spiro atoms. The molecule has 0 radical (unpaired) electrons. The lowest BCUT2D eigenvalue weighted by Crippen LogP contribution is -2.39. The van der Waals surface area contributed by atoms with Gasteiger partial charge in [-0.15, -0.1) is 0 Å². The fourth-order valence-electron chi connectivity index (χ4n) is 2.81. The average molecular weight is 335 g/mol. The topological polar surface area (TPSA) is 63.4 Å². The number of benzene rings is 1. The molecule has 118 valence electrons. The zero-order valence-corrected chi connectivity index (χ0v) is 13.7. The molecule has 0 aromatic heterocycles. The zero-order chi connectivity index (χ0) is 15.8. The van der Waals surface area contributed by atoms with E-state index in [0.29, 0.717) is 6.54 Å². The average Bonchev–Trinajstić information content (AvgIpc) is 2.91. The van der Waals surface area contributed by atoms with Gasteiger partial charge in [0, 0.05) is 29.7 Å². The van der Waals surface area contributed by atoms with E-state index in [9.17, 15) is 12.8 Å². The summed E-state index contributed by atoms with van der Waals surface area (Å²) in [5.41, 5.74) is 5.57. The van der Waals surface area contributed by atoms with Crippen LogP contribution in [0.2, 0.25) is 5.02 Å². The Morgan fingerprint density at radius 1 is 1.48 bits per heavy atom. The van der Waals surface area contributed by atoms with Gasteiger partial charge in [0.05, 0.1) is 0 Å². The van der Waals surface area contributed by atoms with Crippen LogP contribution < -0.4 is 5.73 Å². The number of halogens is 2. The first kappa shape index (κ1) is 16.7. The molecule has 0 saturated carbocycles. The molecule has 1 atom stereocenters. The molecule has 1 aromatic carbocycles. The van der Waals surface area contributed by atoms with E-state index in [-0.39, 0.29) is 34.0 Å². The first-order chi connectivity index (χ1) is 9.78. The van der Waals surface area contributed by atoms with Gasteiger partial charge >= 0.3 is 0 Å². The van der Waals surface area contributed by atoms with Crippen molar-refractivity contribution in [2.24, 2.45) is 11.7 Å². The summed E-state index contributed by atoms with van der Waals surface area (Å²) in [7, 11) is -3.90. The van der Waals surface area contributed by atoms with Gasteiger partial charge in [0.1, 0.15) is 10.7 Å². The largest absolute Gasteiger partial charge is 0.326 e. The number of nitrogens with two attached hydrogens (primary N) is 1. The van der Waals surface area contributed by atoms with Crippen LogP contribution in [0.4, 0.5) is 4.39 Å². The molecule has 0 bridgehead atoms. The molecule has 7 heteroatoms. The number of nitrogens with zero attached hydrogens (tertiary/aromatic N) is 1. The fourth-order valence-corrected chi connectivity index (χ4v) is 5.08. The SMILES string of the molecule is CC(C)C1CCCN1S(=O)(=O)c1cc(Cl)cc(CN)c1F. The van der Waals surface area contributed by atoms with E-state index in [1.807, 2.05) is 13.8 Å². The monoisotopic (exact) mass is 334 g/mol. The molecule has 1 fully saturated rings. The molecule has 1 aliphatic rings. The molecule has 0 amide bonds. The quantitative estimate of drug-likeness (QED) is 0.920. The standard InChI is InChI=1S/C14H20ClFN2O2S/c1-9(2)12-4-3-5-18(12)21(19,20)13-7-11(15)6-10(8-17)14(13)16/h6-7,9,12H,3-5,8,17H2,1-2H3. The third kappa shape index (κ3) is 3.08. The third-order valence-electron chi connectivity index (χ3n) is 3.90. The predicted molar refractivity (Wildman–Crippen MR) is 81.1 cm³/mol. The Balaban J connectivity index is 2.52. The van der Waals surface area contributed by atoms with E-state index >= 15 is 0 Å². The lowest BCUT2D eigenvalue weighted by Gasteiger charge is -2.27. The molecule has 1 heterocycles. The summed E-state index contributed by atoms with van der Waals surface area (Å²) in [6.45, 7) is 4.26. The first-order valence-electron chi connectivity index (χ1n) is 6.99. The Kier molecular flexibility index (Phi) is 4.92. The normalized spacial score (nSPS) is 20.4. The molecule has 2 rings (SSSR count). The van der Waals surface area contributed by atoms with E-state index in [0.717, 1.165) is 12.8 Å². The van der Waals surface area contributed by atoms with Gasteiger partial charge in [-0.3, -0.25) is 0 Å². The van der Waals surface area contributed by atoms with Gasteiger partial charge in [-0.2, -0.15) is 4.31 Å². The van der Waals surface area contributed by atoms with Crippen LogP contribution in [0.25, 0.3) is 0 Å². The second-order valence-corrected chi connectivity index (χ2v) is 7.95. The summed E-state index contributed by atoms with van der Waals surface area (Å²) in [4.78, 5) is -0.372. The fraction of sp³-hybridized carbons (Fsp3) is 0.571. The van der Waals surface area contributed by atoms with Crippen LogP contribution in [0.3, 0.4) is 0 Å². The van der Waals surface area contributed by atoms with Crippen LogP contribution in [0.5, 0.6) is 0 Å². The molecule has 21 heavy (non-hydrogen) atoms. The Hall–Kier alpha value is -0.690. The molecule has 2 N–H and O–H groups in total. The van der Waals surface area contributed by atoms with Crippen molar-refractivity contribution < 1.29 is 12.8 Å². The second-order valence-electron chi connectivity index (χ2n) is 5.65. The number of sulfonamides is 1. The molecule has 4 nitrogen and oxygen atoms in total. The van der Waals surface area contributed by atoms with E-state index in [1.165, 1.54) is 16.4 Å².